The Morgan fingerprint density at radius 2 is 1.37 bits per heavy atom. The molecule has 5 heterocycles. The van der Waals surface area contributed by atoms with Crippen molar-refractivity contribution in [3.8, 4) is 0 Å². The topological polar surface area (TPSA) is 292 Å². The van der Waals surface area contributed by atoms with E-state index in [4.69, 9.17) is 57.8 Å². The van der Waals surface area contributed by atoms with E-state index in [0.717, 1.165) is 5.57 Å². The summed E-state index contributed by atoms with van der Waals surface area (Å²) in [5, 5.41) is 60.3. The van der Waals surface area contributed by atoms with Crippen LogP contribution in [0.2, 0.25) is 0 Å². The summed E-state index contributed by atoms with van der Waals surface area (Å²) in [6.45, 7) is 20.6. The molecule has 27 atom stereocenters. The Bertz CT molecular complexity index is 2490. The molecule has 5 aliphatic heterocycles. The first-order valence-corrected chi connectivity index (χ1v) is 29.7. The summed E-state index contributed by atoms with van der Waals surface area (Å²) in [4.78, 5) is 42.6. The maximum Gasteiger partial charge on any atom is 0.407 e. The molecular weight excluding hydrogens is 1060 g/mol. The highest BCUT2D eigenvalue weighted by Gasteiger charge is 2.64. The highest BCUT2D eigenvalue weighted by atomic mass is 16.7. The summed E-state index contributed by atoms with van der Waals surface area (Å²) in [6.07, 6.45) is -1.16. The van der Waals surface area contributed by atoms with Crippen molar-refractivity contribution in [1.29, 1.82) is 0 Å². The number of methoxy groups -OCH3 is 2. The number of ketones is 1. The highest BCUT2D eigenvalue weighted by molar-refractivity contribution is 6.26. The summed E-state index contributed by atoms with van der Waals surface area (Å²) >= 11 is 0. The number of alkyl carbamates (subject to hydrolysis) is 1. The number of carbonyl (C=O) groups excluding carboxylic acids is 3. The fraction of sp³-hybridized carbons (Fsp3) is 0.787. The molecule has 8 N–H and O–H groups in total. The number of hydrogen-bond acceptors (Lipinski definition) is 20. The molecule has 1 amide bonds. The number of Topliss-reactive ketones (excluding diaryl/α,β-unsaturated/α-hetero) is 1. The largest absolute Gasteiger partial charge is 0.511 e. The monoisotopic (exact) mass is 1160 g/mol. The summed E-state index contributed by atoms with van der Waals surface area (Å²) in [6, 6.07) is -0.595. The van der Waals surface area contributed by atoms with Gasteiger partial charge >= 0.3 is 12.1 Å². The predicted octanol–water partition coefficient (Wildman–Crippen LogP) is 5.25. The molecule has 21 nitrogen and oxygen atoms in total. The number of rotatable bonds is 11. The van der Waals surface area contributed by atoms with Crippen molar-refractivity contribution in [3.63, 3.8) is 0 Å². The third kappa shape index (κ3) is 11.8. The summed E-state index contributed by atoms with van der Waals surface area (Å²) in [5.41, 5.74) is 4.75. The number of allylic oxidation sites excluding steroid dienone is 3. The Morgan fingerprint density at radius 1 is 0.744 bits per heavy atom. The number of carbonyl (C=O) groups is 3. The SMILES string of the molecule is COC(=O)NC1C(C)OC(OC2C/C=C(\C)C3C=CC4C(C(C)CC(C)[C@@H]4O[C@H]4C[C@@H](OC5C[C@H](O)[C@@H](O[C@@H]6C[C@H](O)[C@@H](OC)[C@H](C)O6)[C@@H](C)O5)[C@H](O)[C@@H](C)O4)C3(C)/C(O)=C3\C(=O)OC4(CC(C)C(CO)=CC4/C=C/2C)C3=O)CC1(C)N. The van der Waals surface area contributed by atoms with E-state index in [0.29, 0.717) is 24.0 Å². The zero-order chi connectivity index (χ0) is 59.7. The van der Waals surface area contributed by atoms with Gasteiger partial charge in [0, 0.05) is 67.9 Å². The van der Waals surface area contributed by atoms with Crippen LogP contribution in [-0.2, 0) is 61.7 Å². The molecule has 21 heteroatoms. The van der Waals surface area contributed by atoms with Crippen molar-refractivity contribution in [1.82, 2.24) is 5.32 Å². The third-order valence-electron chi connectivity index (χ3n) is 19.9. The van der Waals surface area contributed by atoms with Crippen molar-refractivity contribution >= 4 is 17.8 Å². The minimum absolute atomic E-state index is 0.0320. The number of aliphatic hydroxyl groups is 5. The van der Waals surface area contributed by atoms with Crippen molar-refractivity contribution in [2.45, 2.75) is 237 Å². The van der Waals surface area contributed by atoms with Gasteiger partial charge in [-0.2, -0.15) is 0 Å². The van der Waals surface area contributed by atoms with Gasteiger partial charge in [-0.25, -0.2) is 9.59 Å². The lowest BCUT2D eigenvalue weighted by Crippen LogP contribution is -2.66. The molecule has 0 aromatic carbocycles. The quantitative estimate of drug-likeness (QED) is 0.0789. The minimum atomic E-state index is -1.75. The van der Waals surface area contributed by atoms with Crippen LogP contribution in [-0.4, -0.2) is 180 Å². The molecule has 0 aromatic rings. The van der Waals surface area contributed by atoms with Gasteiger partial charge in [0.15, 0.2) is 30.8 Å². The standard InChI is InChI=1S/C61H92N2O19/c1-27-14-17-42(78-47-25-59(10,62)54(35(9)77-47)63-58(71)73-13)28(2)19-37-20-36(26-64)31(5)24-61(37)56(69)48(57(70)82-61)55(68)60(11)39(27)16-15-38-49(60)29(3)18-30(4)51(38)80-46-23-43(50(67)32(6)74-46)79-44-22-41(66)53(34(8)76-44)81-45-21-40(65)52(72-12)33(7)75-45/h14-16,19-20,29-35,37-47,49-54,64-68H,17-18,21-26,62H2,1-13H3,(H,63,71)/b27-14+,28-19+,55-48+/t29?,30?,31?,32-,33+,34-,35?,37?,38?,39?,40+,41+,42?,43-,44?,45-,46+,47?,49?,50-,51+,52+,53+,54?,59?,60?,61?/m1/s1. The van der Waals surface area contributed by atoms with E-state index in [9.17, 15) is 35.1 Å². The first kappa shape index (κ1) is 62.9. The Morgan fingerprint density at radius 3 is 2.00 bits per heavy atom. The van der Waals surface area contributed by atoms with E-state index in [1.807, 2.05) is 47.6 Å². The van der Waals surface area contributed by atoms with Crippen molar-refractivity contribution in [2.75, 3.05) is 20.8 Å². The molecule has 460 valence electrons. The molecule has 82 heavy (non-hydrogen) atoms. The molecule has 2 bridgehead atoms. The van der Waals surface area contributed by atoms with Crippen molar-refractivity contribution in [3.05, 3.63) is 58.4 Å². The molecule has 6 fully saturated rings. The Hall–Kier alpha value is -3.65. The van der Waals surface area contributed by atoms with E-state index in [-0.39, 0.29) is 73.7 Å². The molecule has 0 aromatic heterocycles. The molecule has 5 saturated heterocycles. The first-order chi connectivity index (χ1) is 38.6. The number of amides is 1. The van der Waals surface area contributed by atoms with Gasteiger partial charge in [0.05, 0.1) is 74.7 Å². The number of ether oxygens (including phenoxy) is 11. The van der Waals surface area contributed by atoms with Crippen LogP contribution < -0.4 is 11.1 Å². The van der Waals surface area contributed by atoms with E-state index in [1.54, 1.807) is 26.8 Å². The Balaban J connectivity index is 1.00. The van der Waals surface area contributed by atoms with Crippen LogP contribution in [0.5, 0.6) is 0 Å². The molecular formula is C61H92N2O19. The van der Waals surface area contributed by atoms with Gasteiger partial charge in [-0.1, -0.05) is 63.6 Å². The van der Waals surface area contributed by atoms with E-state index < -0.39 is 157 Å². The average molecular weight is 1160 g/mol. The molecule has 1 spiro atoms. The van der Waals surface area contributed by atoms with Gasteiger partial charge in [0.25, 0.3) is 0 Å². The first-order valence-electron chi connectivity index (χ1n) is 29.7. The minimum Gasteiger partial charge on any atom is -0.511 e. The number of aliphatic hydroxyl groups excluding tert-OH is 5. The molecule has 1 saturated carbocycles. The number of nitrogens with two attached hydrogens (primary N) is 1. The van der Waals surface area contributed by atoms with Gasteiger partial charge < -0.3 is 88.7 Å². The van der Waals surface area contributed by atoms with Crippen molar-refractivity contribution in [2.24, 2.45) is 52.6 Å². The Kier molecular flexibility index (Phi) is 18.9. The molecule has 9 aliphatic rings. The van der Waals surface area contributed by atoms with E-state index in [1.165, 1.54) is 14.2 Å². The van der Waals surface area contributed by atoms with Crippen LogP contribution >= 0.6 is 0 Å². The summed E-state index contributed by atoms with van der Waals surface area (Å²) in [7, 11) is 2.79. The predicted molar refractivity (Wildman–Crippen MR) is 295 cm³/mol. The van der Waals surface area contributed by atoms with Gasteiger partial charge in [-0.15, -0.1) is 0 Å². The summed E-state index contributed by atoms with van der Waals surface area (Å²) in [5.74, 6) is -4.54. The zero-order valence-electron chi connectivity index (χ0n) is 49.9. The van der Waals surface area contributed by atoms with E-state index >= 15 is 4.79 Å². The second-order valence-electron chi connectivity index (χ2n) is 25.8. The number of hydrogen-bond donors (Lipinski definition) is 7. The smallest absolute Gasteiger partial charge is 0.407 e. The van der Waals surface area contributed by atoms with Gasteiger partial charge in [0.2, 0.25) is 5.78 Å². The van der Waals surface area contributed by atoms with Crippen LogP contribution in [0.4, 0.5) is 4.79 Å². The maximum atomic E-state index is 15.6. The maximum absolute atomic E-state index is 15.6. The normalized spacial score (nSPS) is 50.3. The molecule has 9 rings (SSSR count). The molecule has 15 unspecified atom stereocenters. The molecule has 4 aliphatic carbocycles. The lowest BCUT2D eigenvalue weighted by Gasteiger charge is -2.56. The van der Waals surface area contributed by atoms with Crippen LogP contribution in [0.25, 0.3) is 0 Å². The van der Waals surface area contributed by atoms with Crippen LogP contribution in [0, 0.1) is 46.8 Å². The molecule has 0 radical (unpaired) electrons. The van der Waals surface area contributed by atoms with Crippen LogP contribution in [0.15, 0.2) is 58.4 Å². The van der Waals surface area contributed by atoms with Gasteiger partial charge in [0.1, 0.15) is 29.6 Å². The second kappa shape index (κ2) is 24.6. The lowest BCUT2D eigenvalue weighted by atomic mass is 9.49. The second-order valence-corrected chi connectivity index (χ2v) is 25.8. The van der Waals surface area contributed by atoms with Gasteiger partial charge in [-0.05, 0) is 96.1 Å². The van der Waals surface area contributed by atoms with Gasteiger partial charge in [-0.3, -0.25) is 4.79 Å². The average Bonchev–Trinajstić information content (AvgIpc) is 1.90. The van der Waals surface area contributed by atoms with Crippen molar-refractivity contribution < 1.29 is 92.0 Å². The number of nitrogens with one attached hydrogen (secondary N) is 1. The number of fused-ring (bicyclic) bond motifs is 4. The zero-order valence-corrected chi connectivity index (χ0v) is 49.9. The van der Waals surface area contributed by atoms with E-state index in [2.05, 4.69) is 37.4 Å². The fourth-order valence-corrected chi connectivity index (χ4v) is 15.7. The lowest BCUT2D eigenvalue weighted by molar-refractivity contribution is -0.335. The van der Waals surface area contributed by atoms with Crippen LogP contribution in [0.3, 0.4) is 0 Å². The fourth-order valence-electron chi connectivity index (χ4n) is 15.7. The summed E-state index contributed by atoms with van der Waals surface area (Å²) < 4.78 is 68.4. The highest BCUT2D eigenvalue weighted by Crippen LogP contribution is 2.61. The number of esters is 1. The Labute approximate surface area is 482 Å². The third-order valence-corrected chi connectivity index (χ3v) is 19.9. The van der Waals surface area contributed by atoms with Crippen LogP contribution in [0.1, 0.15) is 121 Å².